The number of carbonyl (C=O) groups excluding carboxylic acids is 3. The molecule has 3 aliphatic rings. The summed E-state index contributed by atoms with van der Waals surface area (Å²) in [6.45, 7) is 2.78. The number of piperidine rings is 1. The van der Waals surface area contributed by atoms with Crippen LogP contribution in [0.3, 0.4) is 0 Å². The highest BCUT2D eigenvalue weighted by molar-refractivity contribution is 6.05. The van der Waals surface area contributed by atoms with Gasteiger partial charge in [-0.1, -0.05) is 12.1 Å². The van der Waals surface area contributed by atoms with E-state index in [2.05, 4.69) is 10.6 Å². The highest BCUT2D eigenvalue weighted by Gasteiger charge is 2.39. The molecule has 1 aromatic carbocycles. The number of carbonyl (C=O) groups is 3. The van der Waals surface area contributed by atoms with Gasteiger partial charge < -0.3 is 15.0 Å². The van der Waals surface area contributed by atoms with E-state index in [1.807, 2.05) is 18.2 Å². The maximum absolute atomic E-state index is 12.7. The van der Waals surface area contributed by atoms with Crippen LogP contribution in [0.5, 0.6) is 0 Å². The Bertz CT molecular complexity index is 742. The zero-order valence-electron chi connectivity index (χ0n) is 14.6. The zero-order chi connectivity index (χ0) is 18.1. The Hall–Kier alpha value is -2.25. The molecule has 2 N–H and O–H groups in total. The summed E-state index contributed by atoms with van der Waals surface area (Å²) in [5.41, 5.74) is 2.74. The first-order valence-electron chi connectivity index (χ1n) is 9.19. The van der Waals surface area contributed by atoms with E-state index in [9.17, 15) is 14.4 Å². The van der Waals surface area contributed by atoms with Crippen molar-refractivity contribution in [1.29, 1.82) is 0 Å². The lowest BCUT2D eigenvalue weighted by Gasteiger charge is -2.29. The Balaban J connectivity index is 1.43. The van der Waals surface area contributed by atoms with E-state index in [-0.39, 0.29) is 24.1 Å². The molecule has 1 unspecified atom stereocenters. The Kier molecular flexibility index (Phi) is 4.74. The predicted molar refractivity (Wildman–Crippen MR) is 93.2 cm³/mol. The number of amides is 3. The number of hydrogen-bond acceptors (Lipinski definition) is 5. The van der Waals surface area contributed by atoms with Gasteiger partial charge in [0.1, 0.15) is 6.04 Å². The van der Waals surface area contributed by atoms with Gasteiger partial charge in [-0.05, 0) is 36.5 Å². The molecule has 138 valence electrons. The van der Waals surface area contributed by atoms with E-state index in [0.717, 1.165) is 43.7 Å². The molecular weight excluding hydrogens is 334 g/mol. The van der Waals surface area contributed by atoms with E-state index in [1.54, 1.807) is 4.90 Å². The molecule has 0 spiro atoms. The van der Waals surface area contributed by atoms with E-state index in [1.165, 1.54) is 0 Å². The summed E-state index contributed by atoms with van der Waals surface area (Å²) in [5.74, 6) is -0.765. The molecule has 1 aromatic rings. The molecule has 2 fully saturated rings. The number of fused-ring (bicyclic) bond motifs is 1. The zero-order valence-corrected chi connectivity index (χ0v) is 14.6. The summed E-state index contributed by atoms with van der Waals surface area (Å²) in [5, 5.41) is 5.88. The van der Waals surface area contributed by atoms with Crippen molar-refractivity contribution in [1.82, 2.24) is 15.5 Å². The molecule has 3 amide bonds. The molecule has 0 aliphatic carbocycles. The number of benzene rings is 1. The third kappa shape index (κ3) is 3.37. The molecule has 7 nitrogen and oxygen atoms in total. The fraction of sp³-hybridized carbons (Fsp3) is 0.526. The van der Waals surface area contributed by atoms with Crippen molar-refractivity contribution in [2.45, 2.75) is 50.9 Å². The van der Waals surface area contributed by atoms with Gasteiger partial charge in [0, 0.05) is 44.3 Å². The van der Waals surface area contributed by atoms with Gasteiger partial charge in [-0.15, -0.1) is 0 Å². The van der Waals surface area contributed by atoms with Gasteiger partial charge in [-0.25, -0.2) is 0 Å². The van der Waals surface area contributed by atoms with Crippen LogP contribution in [0.25, 0.3) is 0 Å². The van der Waals surface area contributed by atoms with Crippen LogP contribution in [0.1, 0.15) is 47.2 Å². The first kappa shape index (κ1) is 17.2. The number of nitrogens with one attached hydrogen (secondary N) is 2. The lowest BCUT2D eigenvalue weighted by Crippen LogP contribution is -2.52. The Labute approximate surface area is 152 Å². The van der Waals surface area contributed by atoms with Crippen molar-refractivity contribution in [2.75, 3.05) is 13.2 Å². The highest BCUT2D eigenvalue weighted by atomic mass is 16.5. The van der Waals surface area contributed by atoms with Crippen LogP contribution in [-0.4, -0.2) is 47.9 Å². The summed E-state index contributed by atoms with van der Waals surface area (Å²) in [4.78, 5) is 37.7. The molecule has 2 saturated heterocycles. The second kappa shape index (κ2) is 7.17. The van der Waals surface area contributed by atoms with E-state index < -0.39 is 6.04 Å². The first-order valence-corrected chi connectivity index (χ1v) is 9.19. The number of rotatable bonds is 4. The van der Waals surface area contributed by atoms with Crippen LogP contribution in [0, 0.1) is 0 Å². The van der Waals surface area contributed by atoms with Gasteiger partial charge in [-0.2, -0.15) is 0 Å². The van der Waals surface area contributed by atoms with Gasteiger partial charge in [-0.3, -0.25) is 19.7 Å². The van der Waals surface area contributed by atoms with E-state index >= 15 is 0 Å². The summed E-state index contributed by atoms with van der Waals surface area (Å²) in [7, 11) is 0. The monoisotopic (exact) mass is 357 g/mol. The normalized spacial score (nSPS) is 23.9. The number of ether oxygens (including phenoxy) is 1. The smallest absolute Gasteiger partial charge is 0.255 e. The highest BCUT2D eigenvalue weighted by Crippen LogP contribution is 2.28. The quantitative estimate of drug-likeness (QED) is 0.775. The van der Waals surface area contributed by atoms with Crippen molar-refractivity contribution in [3.8, 4) is 0 Å². The number of imide groups is 1. The summed E-state index contributed by atoms with van der Waals surface area (Å²) < 4.78 is 5.37. The van der Waals surface area contributed by atoms with E-state index in [0.29, 0.717) is 24.6 Å². The van der Waals surface area contributed by atoms with Gasteiger partial charge >= 0.3 is 0 Å². The number of nitrogens with zero attached hydrogens (tertiary/aromatic N) is 1. The molecule has 3 heterocycles. The molecular formula is C19H23N3O4. The average molecular weight is 357 g/mol. The maximum Gasteiger partial charge on any atom is 0.255 e. The predicted octanol–water partition coefficient (Wildman–Crippen LogP) is 0.716. The third-order valence-electron chi connectivity index (χ3n) is 5.40. The van der Waals surface area contributed by atoms with Crippen LogP contribution in [0.4, 0.5) is 0 Å². The van der Waals surface area contributed by atoms with Crippen LogP contribution in [0.2, 0.25) is 0 Å². The molecule has 4 rings (SSSR count). The van der Waals surface area contributed by atoms with Crippen molar-refractivity contribution in [3.05, 3.63) is 34.9 Å². The van der Waals surface area contributed by atoms with Crippen molar-refractivity contribution in [3.63, 3.8) is 0 Å². The van der Waals surface area contributed by atoms with Crippen molar-refractivity contribution >= 4 is 17.7 Å². The van der Waals surface area contributed by atoms with Crippen molar-refractivity contribution < 1.29 is 19.1 Å². The maximum atomic E-state index is 12.7. The topological polar surface area (TPSA) is 87.7 Å². The Morgan fingerprint density at radius 1 is 1.15 bits per heavy atom. The molecule has 7 heteroatoms. The van der Waals surface area contributed by atoms with Crippen LogP contribution in [-0.2, 0) is 27.4 Å². The van der Waals surface area contributed by atoms with Gasteiger partial charge in [0.25, 0.3) is 5.91 Å². The summed E-state index contributed by atoms with van der Waals surface area (Å²) >= 11 is 0. The molecule has 26 heavy (non-hydrogen) atoms. The summed E-state index contributed by atoms with van der Waals surface area (Å²) in [6, 6.07) is 5.78. The Morgan fingerprint density at radius 2 is 1.96 bits per heavy atom. The minimum Gasteiger partial charge on any atom is -0.381 e. The van der Waals surface area contributed by atoms with Crippen molar-refractivity contribution in [2.24, 2.45) is 0 Å². The second-order valence-electron chi connectivity index (χ2n) is 7.16. The fourth-order valence-corrected chi connectivity index (χ4v) is 3.90. The summed E-state index contributed by atoms with van der Waals surface area (Å²) in [6.07, 6.45) is 2.71. The molecule has 0 radical (unpaired) electrons. The van der Waals surface area contributed by atoms with Crippen LogP contribution >= 0.6 is 0 Å². The van der Waals surface area contributed by atoms with Gasteiger partial charge in [0.2, 0.25) is 11.8 Å². The molecule has 0 aromatic heterocycles. The average Bonchev–Trinajstić information content (AvgIpc) is 2.97. The largest absolute Gasteiger partial charge is 0.381 e. The lowest BCUT2D eigenvalue weighted by atomic mass is 10.0. The molecule has 0 bridgehead atoms. The van der Waals surface area contributed by atoms with E-state index in [4.69, 9.17) is 4.74 Å². The van der Waals surface area contributed by atoms with Gasteiger partial charge in [0.15, 0.2) is 0 Å². The lowest BCUT2D eigenvalue weighted by molar-refractivity contribution is -0.136. The van der Waals surface area contributed by atoms with Crippen LogP contribution in [0.15, 0.2) is 18.2 Å². The SMILES string of the molecule is O=C1CCC(N2Cc3cc(CNC4CCOCC4)ccc3C2=O)C(=O)N1. The molecule has 1 atom stereocenters. The minimum absolute atomic E-state index is 0.126. The molecule has 0 saturated carbocycles. The second-order valence-corrected chi connectivity index (χ2v) is 7.16. The fourth-order valence-electron chi connectivity index (χ4n) is 3.90. The number of hydrogen-bond donors (Lipinski definition) is 2. The minimum atomic E-state index is -0.559. The van der Waals surface area contributed by atoms with Gasteiger partial charge in [0.05, 0.1) is 0 Å². The molecule has 3 aliphatic heterocycles. The standard InChI is InChI=1S/C19H23N3O4/c23-17-4-3-16(18(24)21-17)22-11-13-9-12(1-2-15(13)19(22)25)10-20-14-5-7-26-8-6-14/h1-2,9,14,16,20H,3-8,10-11H2,(H,21,23,24). The Morgan fingerprint density at radius 3 is 2.73 bits per heavy atom. The van der Waals surface area contributed by atoms with Crippen LogP contribution < -0.4 is 10.6 Å². The first-order chi connectivity index (χ1) is 12.6. The third-order valence-corrected chi connectivity index (χ3v) is 5.40.